The molecule has 1 aromatic heterocycles. The molecule has 0 aliphatic rings. The zero-order valence-electron chi connectivity index (χ0n) is 7.62. The van der Waals surface area contributed by atoms with Crippen molar-refractivity contribution in [2.45, 2.75) is 5.88 Å². The molecule has 0 N–H and O–H groups in total. The maximum absolute atomic E-state index is 13.6. The Bertz CT molecular complexity index is 482. The minimum atomic E-state index is -0.460. The first-order valence-electron chi connectivity index (χ1n) is 4.25. The summed E-state index contributed by atoms with van der Waals surface area (Å²) in [6.45, 7) is 0. The van der Waals surface area contributed by atoms with Crippen LogP contribution in [0.3, 0.4) is 0 Å². The second kappa shape index (κ2) is 4.21. The van der Waals surface area contributed by atoms with E-state index in [0.717, 1.165) is 0 Å². The lowest BCUT2D eigenvalue weighted by molar-refractivity contribution is 0.618. The Hall–Kier alpha value is -1.06. The third-order valence-corrected chi connectivity index (χ3v) is 2.55. The van der Waals surface area contributed by atoms with Gasteiger partial charge in [0, 0.05) is 6.20 Å². The number of benzene rings is 1. The molecular formula is C10H7Cl2FN2. The molecule has 0 spiro atoms. The van der Waals surface area contributed by atoms with Crippen LogP contribution in [0, 0.1) is 5.82 Å². The van der Waals surface area contributed by atoms with E-state index in [2.05, 4.69) is 4.98 Å². The Morgan fingerprint density at radius 3 is 2.87 bits per heavy atom. The highest BCUT2D eigenvalue weighted by molar-refractivity contribution is 6.30. The summed E-state index contributed by atoms with van der Waals surface area (Å²) in [7, 11) is 0. The number of alkyl halides is 1. The van der Waals surface area contributed by atoms with Crippen LogP contribution in [-0.4, -0.2) is 9.55 Å². The molecule has 5 heteroatoms. The molecule has 0 bridgehead atoms. The van der Waals surface area contributed by atoms with Gasteiger partial charge in [0.1, 0.15) is 0 Å². The minimum absolute atomic E-state index is 0.0913. The summed E-state index contributed by atoms with van der Waals surface area (Å²) in [5, 5.41) is 0.0913. The van der Waals surface area contributed by atoms with E-state index < -0.39 is 5.82 Å². The highest BCUT2D eigenvalue weighted by Gasteiger charge is 2.08. The molecule has 0 unspecified atom stereocenters. The number of imidazole rings is 1. The molecule has 0 atom stereocenters. The highest BCUT2D eigenvalue weighted by Crippen LogP contribution is 2.21. The molecule has 2 nitrogen and oxygen atoms in total. The summed E-state index contributed by atoms with van der Waals surface area (Å²) in [6, 6.07) is 4.81. The molecule has 2 rings (SSSR count). The Kier molecular flexibility index (Phi) is 2.93. The Labute approximate surface area is 96.3 Å². The van der Waals surface area contributed by atoms with Crippen LogP contribution in [0.5, 0.6) is 0 Å². The van der Waals surface area contributed by atoms with E-state index in [1.807, 2.05) is 0 Å². The van der Waals surface area contributed by atoms with Crippen molar-refractivity contribution in [1.82, 2.24) is 9.55 Å². The van der Waals surface area contributed by atoms with E-state index in [1.165, 1.54) is 12.4 Å². The van der Waals surface area contributed by atoms with Gasteiger partial charge in [0.15, 0.2) is 5.82 Å². The molecule has 0 fully saturated rings. The molecular weight excluding hydrogens is 238 g/mol. The molecule has 1 aromatic carbocycles. The first-order valence-corrected chi connectivity index (χ1v) is 5.17. The topological polar surface area (TPSA) is 17.8 Å². The van der Waals surface area contributed by atoms with E-state index in [9.17, 15) is 4.39 Å². The standard InChI is InChI=1S/C10H7Cl2FN2/c11-4-7-5-15(6-14-7)9-3-1-2-8(12)10(9)13/h1-3,5-6H,4H2. The van der Waals surface area contributed by atoms with Crippen LogP contribution in [0.25, 0.3) is 5.69 Å². The lowest BCUT2D eigenvalue weighted by atomic mass is 10.3. The van der Waals surface area contributed by atoms with Crippen LogP contribution < -0.4 is 0 Å². The van der Waals surface area contributed by atoms with Gasteiger partial charge in [-0.1, -0.05) is 17.7 Å². The van der Waals surface area contributed by atoms with Gasteiger partial charge in [-0.05, 0) is 12.1 Å². The van der Waals surface area contributed by atoms with Crippen LogP contribution in [0.15, 0.2) is 30.7 Å². The molecule has 15 heavy (non-hydrogen) atoms. The number of rotatable bonds is 2. The Balaban J connectivity index is 2.49. The number of halogens is 3. The van der Waals surface area contributed by atoms with Gasteiger partial charge >= 0.3 is 0 Å². The first-order chi connectivity index (χ1) is 7.22. The van der Waals surface area contributed by atoms with E-state index >= 15 is 0 Å². The third-order valence-electron chi connectivity index (χ3n) is 1.98. The smallest absolute Gasteiger partial charge is 0.165 e. The number of hydrogen-bond donors (Lipinski definition) is 0. The van der Waals surface area contributed by atoms with Crippen molar-refractivity contribution in [3.05, 3.63) is 47.3 Å². The maximum Gasteiger partial charge on any atom is 0.165 e. The molecule has 0 aliphatic heterocycles. The van der Waals surface area contributed by atoms with Gasteiger partial charge in [-0.3, -0.25) is 0 Å². The SMILES string of the molecule is Fc1c(Cl)cccc1-n1cnc(CCl)c1. The van der Waals surface area contributed by atoms with Gasteiger partial charge in [-0.2, -0.15) is 0 Å². The average Bonchev–Trinajstić information content (AvgIpc) is 2.70. The van der Waals surface area contributed by atoms with Crippen molar-refractivity contribution in [3.63, 3.8) is 0 Å². The summed E-state index contributed by atoms with van der Waals surface area (Å²) in [5.74, 6) is -0.160. The van der Waals surface area contributed by atoms with Crippen LogP contribution in [0.2, 0.25) is 5.02 Å². The fraction of sp³-hybridized carbons (Fsp3) is 0.100. The van der Waals surface area contributed by atoms with Crippen molar-refractivity contribution in [1.29, 1.82) is 0 Å². The largest absolute Gasteiger partial charge is 0.303 e. The van der Waals surface area contributed by atoms with Gasteiger partial charge in [0.2, 0.25) is 0 Å². The summed E-state index contributed by atoms with van der Waals surface area (Å²) in [5.41, 5.74) is 1.06. The van der Waals surface area contributed by atoms with E-state index in [1.54, 1.807) is 22.9 Å². The van der Waals surface area contributed by atoms with Crippen molar-refractivity contribution in [2.75, 3.05) is 0 Å². The maximum atomic E-state index is 13.6. The molecule has 0 saturated heterocycles. The number of aromatic nitrogens is 2. The molecule has 2 aromatic rings. The molecule has 0 radical (unpaired) electrons. The average molecular weight is 245 g/mol. The quantitative estimate of drug-likeness (QED) is 0.741. The van der Waals surface area contributed by atoms with Crippen molar-refractivity contribution < 1.29 is 4.39 Å². The number of nitrogens with zero attached hydrogens (tertiary/aromatic N) is 2. The minimum Gasteiger partial charge on any atom is -0.303 e. The fourth-order valence-electron chi connectivity index (χ4n) is 1.26. The van der Waals surface area contributed by atoms with E-state index in [4.69, 9.17) is 23.2 Å². The first kappa shape index (κ1) is 10.5. The van der Waals surface area contributed by atoms with Crippen LogP contribution in [0.4, 0.5) is 4.39 Å². The van der Waals surface area contributed by atoms with Gasteiger partial charge < -0.3 is 4.57 Å². The summed E-state index contributed by atoms with van der Waals surface area (Å²) >= 11 is 11.3. The lowest BCUT2D eigenvalue weighted by Crippen LogP contribution is -1.94. The van der Waals surface area contributed by atoms with Crippen molar-refractivity contribution >= 4 is 23.2 Å². The van der Waals surface area contributed by atoms with E-state index in [0.29, 0.717) is 17.3 Å². The van der Waals surface area contributed by atoms with Gasteiger partial charge in [-0.25, -0.2) is 9.37 Å². The number of hydrogen-bond acceptors (Lipinski definition) is 1. The molecule has 1 heterocycles. The summed E-state index contributed by atoms with van der Waals surface area (Å²) < 4.78 is 15.1. The predicted octanol–water partition coefficient (Wildman–Crippen LogP) is 3.40. The van der Waals surface area contributed by atoms with Crippen LogP contribution in [-0.2, 0) is 5.88 Å². The van der Waals surface area contributed by atoms with E-state index in [-0.39, 0.29) is 5.02 Å². The summed E-state index contributed by atoms with van der Waals surface area (Å²) in [6.07, 6.45) is 3.17. The Morgan fingerprint density at radius 1 is 1.40 bits per heavy atom. The zero-order valence-corrected chi connectivity index (χ0v) is 9.13. The second-order valence-electron chi connectivity index (χ2n) is 2.98. The lowest BCUT2D eigenvalue weighted by Gasteiger charge is -2.04. The Morgan fingerprint density at radius 2 is 2.20 bits per heavy atom. The monoisotopic (exact) mass is 244 g/mol. The van der Waals surface area contributed by atoms with Gasteiger partial charge in [-0.15, -0.1) is 11.6 Å². The molecule has 0 saturated carbocycles. The van der Waals surface area contributed by atoms with Gasteiger partial charge in [0.05, 0.1) is 28.6 Å². The molecule has 0 amide bonds. The van der Waals surface area contributed by atoms with Gasteiger partial charge in [0.25, 0.3) is 0 Å². The zero-order chi connectivity index (χ0) is 10.8. The van der Waals surface area contributed by atoms with Crippen LogP contribution in [0.1, 0.15) is 5.69 Å². The van der Waals surface area contributed by atoms with Crippen molar-refractivity contribution in [2.24, 2.45) is 0 Å². The van der Waals surface area contributed by atoms with Crippen LogP contribution >= 0.6 is 23.2 Å². The molecule has 78 valence electrons. The predicted molar refractivity (Wildman–Crippen MR) is 58.1 cm³/mol. The molecule has 0 aliphatic carbocycles. The highest BCUT2D eigenvalue weighted by atomic mass is 35.5. The fourth-order valence-corrected chi connectivity index (χ4v) is 1.56. The second-order valence-corrected chi connectivity index (χ2v) is 3.65. The summed E-state index contributed by atoms with van der Waals surface area (Å²) in [4.78, 5) is 4.00. The normalized spacial score (nSPS) is 10.6. The third kappa shape index (κ3) is 1.98. The van der Waals surface area contributed by atoms with Crippen molar-refractivity contribution in [3.8, 4) is 5.69 Å².